The van der Waals surface area contributed by atoms with Gasteiger partial charge in [-0.15, -0.1) is 0 Å². The second kappa shape index (κ2) is 15.1. The molecule has 0 saturated heterocycles. The number of aryl methyl sites for hydroxylation is 2. The molecule has 45 heavy (non-hydrogen) atoms. The van der Waals surface area contributed by atoms with Crippen LogP contribution in [0.15, 0.2) is 48.8 Å². The number of halogens is 7. The van der Waals surface area contributed by atoms with Crippen LogP contribution in [0.25, 0.3) is 11.6 Å². The van der Waals surface area contributed by atoms with Crippen molar-refractivity contribution in [3.63, 3.8) is 0 Å². The number of aromatic nitrogens is 6. The number of nitrogens with two attached hydrogens (primary N) is 1. The molecule has 0 unspecified atom stereocenters. The molecule has 0 amide bonds. The van der Waals surface area contributed by atoms with Crippen molar-refractivity contribution in [1.29, 1.82) is 0 Å². The largest absolute Gasteiger partial charge is 0.367 e. The van der Waals surface area contributed by atoms with Gasteiger partial charge in [0.1, 0.15) is 11.0 Å². The monoisotopic (exact) mass is 688 g/mol. The summed E-state index contributed by atoms with van der Waals surface area (Å²) in [7, 11) is 0. The maximum atomic E-state index is 13.2. The average Bonchev–Trinajstić information content (AvgIpc) is 3.60. The molecule has 0 radical (unpaired) electrons. The van der Waals surface area contributed by atoms with Crippen molar-refractivity contribution in [2.75, 3.05) is 5.32 Å². The van der Waals surface area contributed by atoms with Crippen LogP contribution in [0.5, 0.6) is 0 Å². The first-order valence-corrected chi connectivity index (χ1v) is 15.6. The molecule has 2 fully saturated rings. The van der Waals surface area contributed by atoms with Crippen molar-refractivity contribution in [3.8, 4) is 11.6 Å². The van der Waals surface area contributed by atoms with Gasteiger partial charge in [-0.1, -0.05) is 34.8 Å². The minimum atomic E-state index is -2.53. The summed E-state index contributed by atoms with van der Waals surface area (Å²) in [6, 6.07) is 10.5. The highest BCUT2D eigenvalue weighted by molar-refractivity contribution is 6.34. The van der Waals surface area contributed by atoms with E-state index in [4.69, 9.17) is 40.5 Å². The summed E-state index contributed by atoms with van der Waals surface area (Å²) < 4.78 is 54.3. The number of rotatable bonds is 4. The Morgan fingerprint density at radius 2 is 1.20 bits per heavy atom. The van der Waals surface area contributed by atoms with Gasteiger partial charge in [0.15, 0.2) is 11.6 Å². The number of alkyl halides is 4. The van der Waals surface area contributed by atoms with Gasteiger partial charge in [0, 0.05) is 72.3 Å². The van der Waals surface area contributed by atoms with Crippen molar-refractivity contribution >= 4 is 40.6 Å². The van der Waals surface area contributed by atoms with Gasteiger partial charge in [0.05, 0.1) is 11.4 Å². The number of hydrogen-bond donors (Lipinski definition) is 2. The lowest BCUT2D eigenvalue weighted by Gasteiger charge is -2.29. The predicted octanol–water partition coefficient (Wildman–Crippen LogP) is 8.62. The molecule has 0 aliphatic heterocycles. The van der Waals surface area contributed by atoms with E-state index in [0.29, 0.717) is 58.3 Å². The van der Waals surface area contributed by atoms with Crippen molar-refractivity contribution in [2.45, 2.75) is 89.1 Å². The fourth-order valence-corrected chi connectivity index (χ4v) is 5.45. The first kappa shape index (κ1) is 34.9. The lowest BCUT2D eigenvalue weighted by molar-refractivity contribution is -0.0377. The highest BCUT2D eigenvalue weighted by atomic mass is 35.5. The van der Waals surface area contributed by atoms with Crippen LogP contribution < -0.4 is 11.1 Å². The Kier molecular flexibility index (Phi) is 11.7. The van der Waals surface area contributed by atoms with E-state index in [-0.39, 0.29) is 37.8 Å². The van der Waals surface area contributed by atoms with Gasteiger partial charge < -0.3 is 11.1 Å². The number of anilines is 1. The molecular weight excluding hydrogens is 655 g/mol. The number of pyridine rings is 2. The van der Waals surface area contributed by atoms with Gasteiger partial charge in [0.2, 0.25) is 11.8 Å². The molecule has 0 spiro atoms. The van der Waals surface area contributed by atoms with Crippen molar-refractivity contribution in [1.82, 2.24) is 29.5 Å². The number of nitrogens with zero attached hydrogens (tertiary/aromatic N) is 6. The molecule has 4 heterocycles. The van der Waals surface area contributed by atoms with E-state index >= 15 is 0 Å². The second-order valence-electron chi connectivity index (χ2n) is 11.3. The molecule has 4 aromatic rings. The zero-order chi connectivity index (χ0) is 32.8. The van der Waals surface area contributed by atoms with Gasteiger partial charge in [-0.05, 0) is 63.8 Å². The Morgan fingerprint density at radius 3 is 1.64 bits per heavy atom. The average molecular weight is 690 g/mol. The van der Waals surface area contributed by atoms with E-state index in [9.17, 15) is 17.6 Å². The normalized spacial score (nSPS) is 17.9. The molecule has 0 atom stereocenters. The molecule has 2 saturated carbocycles. The molecular formula is C30H35Cl3F4N8. The van der Waals surface area contributed by atoms with Crippen LogP contribution in [-0.4, -0.2) is 53.5 Å². The van der Waals surface area contributed by atoms with Crippen LogP contribution in [-0.2, 0) is 0 Å². The molecule has 8 nitrogen and oxygen atoms in total. The molecule has 0 aromatic carbocycles. The van der Waals surface area contributed by atoms with Gasteiger partial charge in [-0.3, -0.25) is 0 Å². The second-order valence-corrected chi connectivity index (χ2v) is 12.5. The first-order valence-electron chi connectivity index (χ1n) is 14.5. The summed E-state index contributed by atoms with van der Waals surface area (Å²) in [4.78, 5) is 8.56. The van der Waals surface area contributed by atoms with E-state index < -0.39 is 11.8 Å². The molecule has 2 aliphatic rings. The highest BCUT2D eigenvalue weighted by Crippen LogP contribution is 2.34. The van der Waals surface area contributed by atoms with E-state index in [1.807, 2.05) is 32.2 Å². The molecule has 4 aromatic heterocycles. The maximum absolute atomic E-state index is 13.2. The molecule has 15 heteroatoms. The summed E-state index contributed by atoms with van der Waals surface area (Å²) in [5.74, 6) is -3.14. The third kappa shape index (κ3) is 11.1. The van der Waals surface area contributed by atoms with Crippen LogP contribution >= 0.6 is 34.8 Å². The van der Waals surface area contributed by atoms with Gasteiger partial charge in [-0.2, -0.15) is 10.2 Å². The predicted molar refractivity (Wildman–Crippen MR) is 169 cm³/mol. The van der Waals surface area contributed by atoms with Crippen molar-refractivity contribution in [2.24, 2.45) is 5.73 Å². The lowest BCUT2D eigenvalue weighted by Crippen LogP contribution is -2.32. The zero-order valence-corrected chi connectivity index (χ0v) is 27.1. The van der Waals surface area contributed by atoms with Crippen LogP contribution in [0.4, 0.5) is 23.4 Å². The molecule has 0 bridgehead atoms. The summed E-state index contributed by atoms with van der Waals surface area (Å²) in [5.41, 5.74) is 7.22. The summed E-state index contributed by atoms with van der Waals surface area (Å²) >= 11 is 17.7. The lowest BCUT2D eigenvalue weighted by atomic mass is 9.92. The standard InChI is InChI=1S/C15H17ClF2N4.C9H7Cl2N3.C6H11F2N/c1-10-4-7-22(21-10)14-9-11(16)8-13(20-14)19-12-2-5-15(17,18)6-3-12;1-6-2-3-14(13-6)9-5-7(10)4-8(11)12-9;7-6(8)3-1-5(9)2-4-6/h4,7-9,12H,2-3,5-6H2,1H3,(H,19,20);2-5H,1H3;5H,1-4,9H2. The maximum Gasteiger partial charge on any atom is 0.248 e. The van der Waals surface area contributed by atoms with Crippen LogP contribution in [0, 0.1) is 13.8 Å². The fourth-order valence-electron chi connectivity index (χ4n) is 4.79. The van der Waals surface area contributed by atoms with Crippen LogP contribution in [0.1, 0.15) is 62.8 Å². The Bertz CT molecular complexity index is 1520. The Hall–Kier alpha value is -2.93. The summed E-state index contributed by atoms with van der Waals surface area (Å²) in [6.07, 6.45) is 5.22. The van der Waals surface area contributed by atoms with Crippen LogP contribution in [0.2, 0.25) is 15.2 Å². The topological polar surface area (TPSA) is 99.5 Å². The molecule has 6 rings (SSSR count). The summed E-state index contributed by atoms with van der Waals surface area (Å²) in [5, 5.41) is 13.1. The minimum Gasteiger partial charge on any atom is -0.367 e. The Morgan fingerprint density at radius 1 is 0.733 bits per heavy atom. The Balaban J connectivity index is 0.000000171. The van der Waals surface area contributed by atoms with E-state index in [1.54, 1.807) is 39.8 Å². The zero-order valence-electron chi connectivity index (χ0n) is 24.8. The van der Waals surface area contributed by atoms with Gasteiger partial charge >= 0.3 is 0 Å². The fraction of sp³-hybridized carbons (Fsp3) is 0.467. The van der Waals surface area contributed by atoms with E-state index in [1.165, 1.54) is 0 Å². The quantitative estimate of drug-likeness (QED) is 0.164. The minimum absolute atomic E-state index is 0.00204. The number of hydrogen-bond acceptors (Lipinski definition) is 6. The van der Waals surface area contributed by atoms with Gasteiger partial charge in [-0.25, -0.2) is 36.9 Å². The summed E-state index contributed by atoms with van der Waals surface area (Å²) in [6.45, 7) is 3.80. The first-order chi connectivity index (χ1) is 21.2. The SMILES string of the molecule is Cc1ccn(-c2cc(Cl)cc(Cl)n2)n1.Cc1ccn(-c2cc(Cl)cc(NC3CCC(F)(F)CC3)n2)n1.NC1CCC(F)(F)CC1. The number of nitrogens with one attached hydrogen (secondary N) is 1. The third-order valence-electron chi connectivity index (χ3n) is 7.27. The van der Waals surface area contributed by atoms with Crippen molar-refractivity contribution in [3.05, 3.63) is 75.4 Å². The molecule has 2 aliphatic carbocycles. The van der Waals surface area contributed by atoms with Crippen molar-refractivity contribution < 1.29 is 17.6 Å². The van der Waals surface area contributed by atoms with Gasteiger partial charge in [0.25, 0.3) is 0 Å². The Labute approximate surface area is 274 Å². The third-order valence-corrected chi connectivity index (χ3v) is 7.90. The smallest absolute Gasteiger partial charge is 0.248 e. The highest BCUT2D eigenvalue weighted by Gasteiger charge is 2.35. The van der Waals surface area contributed by atoms with E-state index in [0.717, 1.165) is 11.4 Å². The van der Waals surface area contributed by atoms with E-state index in [2.05, 4.69) is 25.5 Å². The van der Waals surface area contributed by atoms with Crippen LogP contribution in [0.3, 0.4) is 0 Å². The molecule has 3 N–H and O–H groups in total. The molecule has 244 valence electrons.